The molecule has 0 atom stereocenters. The summed E-state index contributed by atoms with van der Waals surface area (Å²) in [5.74, 6) is 0.443. The molecule has 0 saturated heterocycles. The lowest BCUT2D eigenvalue weighted by molar-refractivity contribution is -0.389. The zero-order chi connectivity index (χ0) is 13.1. The van der Waals surface area contributed by atoms with E-state index in [9.17, 15) is 10.1 Å². The lowest BCUT2D eigenvalue weighted by atomic mass is 10.4. The summed E-state index contributed by atoms with van der Waals surface area (Å²) in [7, 11) is 1.71. The van der Waals surface area contributed by atoms with Crippen molar-refractivity contribution in [1.29, 1.82) is 0 Å². The summed E-state index contributed by atoms with van der Waals surface area (Å²) < 4.78 is 0. The zero-order valence-corrected chi connectivity index (χ0v) is 11.3. The van der Waals surface area contributed by atoms with Crippen LogP contribution in [0.5, 0.6) is 0 Å². The van der Waals surface area contributed by atoms with Crippen molar-refractivity contribution in [2.75, 3.05) is 12.4 Å². The van der Waals surface area contributed by atoms with Gasteiger partial charge in [0.15, 0.2) is 5.03 Å². The zero-order valence-electron chi connectivity index (χ0n) is 10.5. The van der Waals surface area contributed by atoms with Gasteiger partial charge in [-0.25, -0.2) is 4.98 Å². The molecule has 2 rings (SSSR count). The van der Waals surface area contributed by atoms with Gasteiger partial charge in [0.1, 0.15) is 5.69 Å². The predicted molar refractivity (Wildman–Crippen MR) is 71.1 cm³/mol. The highest BCUT2D eigenvalue weighted by molar-refractivity contribution is 8.00. The molecule has 1 aliphatic carbocycles. The molecule has 0 unspecified atom stereocenters. The molecule has 0 bridgehead atoms. The number of nitro groups is 1. The van der Waals surface area contributed by atoms with Gasteiger partial charge in [0.25, 0.3) is 0 Å². The lowest BCUT2D eigenvalue weighted by Gasteiger charge is -2.10. The number of hydrogen-bond donors (Lipinski definition) is 1. The first-order valence-electron chi connectivity index (χ1n) is 5.99. The topological polar surface area (TPSA) is 81.0 Å². The Bertz CT molecular complexity index is 461. The molecule has 0 aromatic carbocycles. The van der Waals surface area contributed by atoms with E-state index >= 15 is 0 Å². The fourth-order valence-electron chi connectivity index (χ4n) is 2.11. The number of aryl methyl sites for hydroxylation is 1. The minimum Gasteiger partial charge on any atom is -0.357 e. The van der Waals surface area contributed by atoms with Crippen LogP contribution in [0.1, 0.15) is 31.4 Å². The smallest absolute Gasteiger partial charge is 0.322 e. The van der Waals surface area contributed by atoms with Crippen LogP contribution in [0.4, 0.5) is 11.6 Å². The van der Waals surface area contributed by atoms with Gasteiger partial charge < -0.3 is 5.32 Å². The van der Waals surface area contributed by atoms with Gasteiger partial charge in [0.2, 0.25) is 5.95 Å². The van der Waals surface area contributed by atoms with Crippen molar-refractivity contribution in [1.82, 2.24) is 9.97 Å². The fourth-order valence-corrected chi connectivity index (χ4v) is 3.47. The van der Waals surface area contributed by atoms with Gasteiger partial charge in [-0.2, -0.15) is 4.98 Å². The average molecular weight is 268 g/mol. The maximum Gasteiger partial charge on any atom is 0.322 e. The number of nitrogens with zero attached hydrogens (tertiary/aromatic N) is 3. The Labute approximate surface area is 110 Å². The number of anilines is 1. The van der Waals surface area contributed by atoms with Crippen LogP contribution in [0.3, 0.4) is 0 Å². The van der Waals surface area contributed by atoms with Crippen LogP contribution in [0.15, 0.2) is 5.03 Å². The quantitative estimate of drug-likeness (QED) is 0.513. The van der Waals surface area contributed by atoms with E-state index in [4.69, 9.17) is 0 Å². The van der Waals surface area contributed by atoms with Crippen LogP contribution in [0.2, 0.25) is 0 Å². The van der Waals surface area contributed by atoms with E-state index in [2.05, 4.69) is 15.3 Å². The maximum atomic E-state index is 11.1. The van der Waals surface area contributed by atoms with E-state index in [-0.39, 0.29) is 10.6 Å². The minimum atomic E-state index is -0.383. The summed E-state index contributed by atoms with van der Waals surface area (Å²) in [4.78, 5) is 19.0. The van der Waals surface area contributed by atoms with E-state index in [0.717, 1.165) is 12.8 Å². The summed E-state index contributed by atoms with van der Waals surface area (Å²) in [6, 6.07) is 0. The molecule has 1 aromatic heterocycles. The third-order valence-corrected chi connectivity index (χ3v) is 4.33. The molecule has 1 aromatic rings. The third kappa shape index (κ3) is 2.72. The first-order chi connectivity index (χ1) is 8.61. The van der Waals surface area contributed by atoms with Crippen molar-refractivity contribution in [3.63, 3.8) is 0 Å². The second-order valence-corrected chi connectivity index (χ2v) is 5.61. The summed E-state index contributed by atoms with van der Waals surface area (Å²) in [6.45, 7) is 1.65. The first kappa shape index (κ1) is 13.1. The second-order valence-electron chi connectivity index (χ2n) is 4.32. The molecular formula is C11H16N4O2S. The molecule has 0 amide bonds. The Kier molecular flexibility index (Phi) is 4.00. The van der Waals surface area contributed by atoms with Gasteiger partial charge in [-0.1, -0.05) is 24.6 Å². The Morgan fingerprint density at radius 2 is 2.06 bits per heavy atom. The highest BCUT2D eigenvalue weighted by Gasteiger charge is 2.26. The third-order valence-electron chi connectivity index (χ3n) is 3.01. The number of thioether (sulfide) groups is 1. The number of nitrogens with one attached hydrogen (secondary N) is 1. The number of rotatable bonds is 4. The van der Waals surface area contributed by atoms with Crippen LogP contribution < -0.4 is 5.32 Å². The summed E-state index contributed by atoms with van der Waals surface area (Å²) in [5, 5.41) is 14.9. The standard InChI is InChI=1S/C11H16N4O2S/c1-7-9(15(16)17)10(14-11(12-2)13-7)18-8-5-3-4-6-8/h8H,3-6H2,1-2H3,(H,12,13,14). The van der Waals surface area contributed by atoms with Crippen molar-refractivity contribution < 1.29 is 4.92 Å². The Hall–Kier alpha value is -1.37. The fraction of sp³-hybridized carbons (Fsp3) is 0.636. The van der Waals surface area contributed by atoms with E-state index in [1.165, 1.54) is 24.6 Å². The molecule has 1 fully saturated rings. The molecular weight excluding hydrogens is 252 g/mol. The van der Waals surface area contributed by atoms with Crippen LogP contribution in [-0.2, 0) is 0 Å². The van der Waals surface area contributed by atoms with E-state index in [0.29, 0.717) is 21.9 Å². The monoisotopic (exact) mass is 268 g/mol. The summed E-state index contributed by atoms with van der Waals surface area (Å²) >= 11 is 1.52. The molecule has 6 nitrogen and oxygen atoms in total. The van der Waals surface area contributed by atoms with Crippen LogP contribution in [0, 0.1) is 17.0 Å². The van der Waals surface area contributed by atoms with Crippen molar-refractivity contribution in [2.45, 2.75) is 42.9 Å². The van der Waals surface area contributed by atoms with E-state index in [1.807, 2.05) is 0 Å². The van der Waals surface area contributed by atoms with E-state index in [1.54, 1.807) is 14.0 Å². The lowest BCUT2D eigenvalue weighted by Crippen LogP contribution is -2.06. The molecule has 7 heteroatoms. The SMILES string of the molecule is CNc1nc(C)c([N+](=O)[O-])c(SC2CCCC2)n1. The second kappa shape index (κ2) is 5.51. The van der Waals surface area contributed by atoms with Gasteiger partial charge >= 0.3 is 5.69 Å². The molecule has 0 aliphatic heterocycles. The van der Waals surface area contributed by atoms with Crippen LogP contribution in [0.25, 0.3) is 0 Å². The van der Waals surface area contributed by atoms with E-state index < -0.39 is 0 Å². The maximum absolute atomic E-state index is 11.1. The van der Waals surface area contributed by atoms with Crippen molar-refractivity contribution in [2.24, 2.45) is 0 Å². The molecule has 1 aliphatic rings. The Balaban J connectivity index is 2.34. The minimum absolute atomic E-state index is 0.0471. The average Bonchev–Trinajstić information content (AvgIpc) is 2.80. The van der Waals surface area contributed by atoms with Gasteiger partial charge in [-0.05, 0) is 19.8 Å². The van der Waals surface area contributed by atoms with Crippen molar-refractivity contribution in [3.8, 4) is 0 Å². The van der Waals surface area contributed by atoms with Gasteiger partial charge in [-0.15, -0.1) is 0 Å². The summed E-state index contributed by atoms with van der Waals surface area (Å²) in [5.41, 5.74) is 0.464. The predicted octanol–water partition coefficient (Wildman–Crippen LogP) is 2.77. The molecule has 1 heterocycles. The van der Waals surface area contributed by atoms with Crippen molar-refractivity contribution >= 4 is 23.4 Å². The largest absolute Gasteiger partial charge is 0.357 e. The molecule has 18 heavy (non-hydrogen) atoms. The normalized spacial score (nSPS) is 15.9. The highest BCUT2D eigenvalue weighted by atomic mass is 32.2. The Morgan fingerprint density at radius 3 is 2.61 bits per heavy atom. The first-order valence-corrected chi connectivity index (χ1v) is 6.87. The van der Waals surface area contributed by atoms with Gasteiger partial charge in [0.05, 0.1) is 4.92 Å². The van der Waals surface area contributed by atoms with Crippen LogP contribution >= 0.6 is 11.8 Å². The van der Waals surface area contributed by atoms with Gasteiger partial charge in [0, 0.05) is 12.3 Å². The van der Waals surface area contributed by atoms with Gasteiger partial charge in [-0.3, -0.25) is 10.1 Å². The number of hydrogen-bond acceptors (Lipinski definition) is 6. The van der Waals surface area contributed by atoms with Crippen LogP contribution in [-0.4, -0.2) is 27.2 Å². The molecule has 98 valence electrons. The molecule has 0 spiro atoms. The molecule has 1 N–H and O–H groups in total. The summed E-state index contributed by atoms with van der Waals surface area (Å²) in [6.07, 6.45) is 4.63. The molecule has 1 saturated carbocycles. The molecule has 0 radical (unpaired) electrons. The highest BCUT2D eigenvalue weighted by Crippen LogP contribution is 2.39. The Morgan fingerprint density at radius 1 is 1.39 bits per heavy atom. The van der Waals surface area contributed by atoms with Crippen molar-refractivity contribution in [3.05, 3.63) is 15.8 Å². The number of aromatic nitrogens is 2.